The number of hydrogen-bond donors (Lipinski definition) is 1. The van der Waals surface area contributed by atoms with Crippen LogP contribution in [0.25, 0.3) is 10.2 Å². The minimum atomic E-state index is 0.718. The van der Waals surface area contributed by atoms with Crippen LogP contribution in [0.15, 0.2) is 18.2 Å². The molecule has 0 saturated heterocycles. The first-order valence-electron chi connectivity index (χ1n) is 5.47. The van der Waals surface area contributed by atoms with E-state index in [-0.39, 0.29) is 0 Å². The number of fused-ring (bicyclic) bond motifs is 1. The van der Waals surface area contributed by atoms with Crippen molar-refractivity contribution in [2.24, 2.45) is 5.73 Å². The molecule has 0 unspecified atom stereocenters. The molecule has 1 aliphatic rings. The smallest absolute Gasteiger partial charge is 0.0969 e. The minimum absolute atomic E-state index is 0.718. The number of thiazole rings is 1. The molecule has 1 aromatic carbocycles. The third-order valence-electron chi connectivity index (χ3n) is 2.85. The molecule has 0 atom stereocenters. The summed E-state index contributed by atoms with van der Waals surface area (Å²) in [7, 11) is 0. The van der Waals surface area contributed by atoms with Gasteiger partial charge in [0.1, 0.15) is 0 Å². The van der Waals surface area contributed by atoms with E-state index in [0.717, 1.165) is 24.4 Å². The maximum atomic E-state index is 5.61. The highest BCUT2D eigenvalue weighted by atomic mass is 32.1. The van der Waals surface area contributed by atoms with Gasteiger partial charge in [-0.15, -0.1) is 11.3 Å². The fraction of sp³-hybridized carbons (Fsp3) is 0.417. The highest BCUT2D eigenvalue weighted by Crippen LogP contribution is 2.43. The Morgan fingerprint density at radius 3 is 3.00 bits per heavy atom. The topological polar surface area (TPSA) is 38.9 Å². The van der Waals surface area contributed by atoms with Gasteiger partial charge < -0.3 is 5.73 Å². The van der Waals surface area contributed by atoms with Crippen LogP contribution in [0, 0.1) is 0 Å². The summed E-state index contributed by atoms with van der Waals surface area (Å²) in [6.45, 7) is 0.718. The largest absolute Gasteiger partial charge is 0.330 e. The third-order valence-corrected chi connectivity index (χ3v) is 4.16. The van der Waals surface area contributed by atoms with Gasteiger partial charge >= 0.3 is 0 Å². The first-order valence-corrected chi connectivity index (χ1v) is 6.28. The van der Waals surface area contributed by atoms with Crippen molar-refractivity contribution in [2.75, 3.05) is 6.54 Å². The fourth-order valence-corrected chi connectivity index (χ4v) is 3.16. The Labute approximate surface area is 93.1 Å². The number of nitrogens with zero attached hydrogens (tertiary/aromatic N) is 1. The summed E-state index contributed by atoms with van der Waals surface area (Å²) in [5, 5.41) is 1.33. The molecule has 1 heterocycles. The van der Waals surface area contributed by atoms with Crippen molar-refractivity contribution < 1.29 is 0 Å². The summed E-state index contributed by atoms with van der Waals surface area (Å²) in [6.07, 6.45) is 3.61. The van der Waals surface area contributed by atoms with Crippen LogP contribution in [-0.2, 0) is 6.42 Å². The van der Waals surface area contributed by atoms with Gasteiger partial charge in [-0.25, -0.2) is 4.98 Å². The summed E-state index contributed by atoms with van der Waals surface area (Å²) in [6, 6.07) is 6.37. The molecule has 78 valence electrons. The molecule has 0 radical (unpaired) electrons. The van der Waals surface area contributed by atoms with Crippen LogP contribution >= 0.6 is 11.3 Å². The van der Waals surface area contributed by atoms with Gasteiger partial charge in [0.25, 0.3) is 0 Å². The maximum absolute atomic E-state index is 5.61. The summed E-state index contributed by atoms with van der Waals surface area (Å²) in [5.41, 5.74) is 8.14. The molecule has 2 aromatic rings. The van der Waals surface area contributed by atoms with E-state index >= 15 is 0 Å². The zero-order chi connectivity index (χ0) is 10.3. The lowest BCUT2D eigenvalue weighted by Crippen LogP contribution is -2.02. The van der Waals surface area contributed by atoms with Gasteiger partial charge in [-0.05, 0) is 37.4 Å². The highest BCUT2D eigenvalue weighted by molar-refractivity contribution is 7.18. The molecule has 0 spiro atoms. The SMILES string of the molecule is NCCc1cccc2nc(C3CC3)sc12. The molecule has 2 nitrogen and oxygen atoms in total. The van der Waals surface area contributed by atoms with Gasteiger partial charge in [-0.1, -0.05) is 12.1 Å². The second-order valence-electron chi connectivity index (χ2n) is 4.13. The molecular formula is C12H14N2S. The predicted molar refractivity (Wildman–Crippen MR) is 64.4 cm³/mol. The summed E-state index contributed by atoms with van der Waals surface area (Å²) < 4.78 is 1.35. The average molecular weight is 218 g/mol. The Balaban J connectivity index is 2.11. The lowest BCUT2D eigenvalue weighted by atomic mass is 10.1. The number of benzene rings is 1. The molecule has 0 aliphatic heterocycles. The number of aromatic nitrogens is 1. The van der Waals surface area contributed by atoms with Gasteiger partial charge in [-0.2, -0.15) is 0 Å². The van der Waals surface area contributed by atoms with E-state index in [9.17, 15) is 0 Å². The molecule has 1 saturated carbocycles. The second kappa shape index (κ2) is 3.58. The minimum Gasteiger partial charge on any atom is -0.330 e. The summed E-state index contributed by atoms with van der Waals surface area (Å²) in [5.74, 6) is 0.758. The van der Waals surface area contributed by atoms with E-state index in [2.05, 4.69) is 18.2 Å². The van der Waals surface area contributed by atoms with Crippen molar-refractivity contribution in [2.45, 2.75) is 25.2 Å². The monoisotopic (exact) mass is 218 g/mol. The molecule has 0 bridgehead atoms. The van der Waals surface area contributed by atoms with Crippen LogP contribution < -0.4 is 5.73 Å². The molecule has 3 heteroatoms. The number of nitrogens with two attached hydrogens (primary N) is 1. The van der Waals surface area contributed by atoms with Crippen molar-refractivity contribution in [3.05, 3.63) is 28.8 Å². The van der Waals surface area contributed by atoms with Gasteiger partial charge in [0.15, 0.2) is 0 Å². The molecule has 2 N–H and O–H groups in total. The molecular weight excluding hydrogens is 204 g/mol. The highest BCUT2D eigenvalue weighted by Gasteiger charge is 2.27. The lowest BCUT2D eigenvalue weighted by molar-refractivity contribution is 0.979. The van der Waals surface area contributed by atoms with Crippen molar-refractivity contribution in [1.82, 2.24) is 4.98 Å². The van der Waals surface area contributed by atoms with Crippen LogP contribution in [0.1, 0.15) is 29.3 Å². The van der Waals surface area contributed by atoms with E-state index in [1.807, 2.05) is 11.3 Å². The zero-order valence-corrected chi connectivity index (χ0v) is 9.39. The number of rotatable bonds is 3. The average Bonchev–Trinajstić information content (AvgIpc) is 2.99. The van der Waals surface area contributed by atoms with Gasteiger partial charge in [-0.3, -0.25) is 0 Å². The van der Waals surface area contributed by atoms with Crippen LogP contribution in [0.3, 0.4) is 0 Å². The Kier molecular flexibility index (Phi) is 2.22. The van der Waals surface area contributed by atoms with Crippen molar-refractivity contribution in [3.63, 3.8) is 0 Å². The van der Waals surface area contributed by atoms with Crippen molar-refractivity contribution >= 4 is 21.6 Å². The Bertz CT molecular complexity index is 485. The Hall–Kier alpha value is -0.930. The molecule has 15 heavy (non-hydrogen) atoms. The third kappa shape index (κ3) is 1.66. The van der Waals surface area contributed by atoms with Gasteiger partial charge in [0.05, 0.1) is 15.2 Å². The number of hydrogen-bond acceptors (Lipinski definition) is 3. The Morgan fingerprint density at radius 2 is 2.27 bits per heavy atom. The molecule has 3 rings (SSSR count). The predicted octanol–water partition coefficient (Wildman–Crippen LogP) is 2.67. The van der Waals surface area contributed by atoms with E-state index < -0.39 is 0 Å². The Morgan fingerprint density at radius 1 is 1.40 bits per heavy atom. The molecule has 1 fully saturated rings. The van der Waals surface area contributed by atoms with E-state index in [0.29, 0.717) is 0 Å². The van der Waals surface area contributed by atoms with Gasteiger partial charge in [0.2, 0.25) is 0 Å². The quantitative estimate of drug-likeness (QED) is 0.860. The summed E-state index contributed by atoms with van der Waals surface area (Å²) >= 11 is 1.87. The zero-order valence-electron chi connectivity index (χ0n) is 8.57. The van der Waals surface area contributed by atoms with Crippen LogP contribution in [-0.4, -0.2) is 11.5 Å². The maximum Gasteiger partial charge on any atom is 0.0969 e. The van der Waals surface area contributed by atoms with Crippen LogP contribution in [0.2, 0.25) is 0 Å². The van der Waals surface area contributed by atoms with Gasteiger partial charge in [0, 0.05) is 5.92 Å². The lowest BCUT2D eigenvalue weighted by Gasteiger charge is -1.98. The first-order chi connectivity index (χ1) is 7.38. The van der Waals surface area contributed by atoms with Crippen LogP contribution in [0.5, 0.6) is 0 Å². The van der Waals surface area contributed by atoms with E-state index in [4.69, 9.17) is 10.7 Å². The van der Waals surface area contributed by atoms with E-state index in [1.54, 1.807) is 0 Å². The second-order valence-corrected chi connectivity index (χ2v) is 5.16. The molecule has 0 amide bonds. The standard InChI is InChI=1S/C12H14N2S/c13-7-6-8-2-1-3-10-11(8)15-12(14-10)9-4-5-9/h1-3,9H,4-7,13H2. The molecule has 1 aromatic heterocycles. The fourth-order valence-electron chi connectivity index (χ4n) is 1.88. The molecule has 1 aliphatic carbocycles. The normalized spacial score (nSPS) is 16.1. The summed E-state index contributed by atoms with van der Waals surface area (Å²) in [4.78, 5) is 4.70. The van der Waals surface area contributed by atoms with E-state index in [1.165, 1.54) is 28.1 Å². The van der Waals surface area contributed by atoms with Crippen molar-refractivity contribution in [1.29, 1.82) is 0 Å². The van der Waals surface area contributed by atoms with Crippen LogP contribution in [0.4, 0.5) is 0 Å². The van der Waals surface area contributed by atoms with Crippen molar-refractivity contribution in [3.8, 4) is 0 Å². The first kappa shape index (κ1) is 9.31.